The number of methoxy groups -OCH3 is 1. The van der Waals surface area contributed by atoms with Gasteiger partial charge in [-0.25, -0.2) is 4.98 Å². The van der Waals surface area contributed by atoms with E-state index in [1.54, 1.807) is 0 Å². The second-order valence-electron chi connectivity index (χ2n) is 10.7. The van der Waals surface area contributed by atoms with Gasteiger partial charge in [-0.05, 0) is 76.7 Å². The van der Waals surface area contributed by atoms with E-state index < -0.39 is 23.5 Å². The molecule has 0 aliphatic rings. The summed E-state index contributed by atoms with van der Waals surface area (Å²) in [7, 11) is 1.54. The number of fused-ring (bicyclic) bond motifs is 1. The topological polar surface area (TPSA) is 79.8 Å². The molecule has 0 bridgehead atoms. The molecule has 1 N–H and O–H groups in total. The summed E-state index contributed by atoms with van der Waals surface area (Å²) < 4.78 is 87.5. The van der Waals surface area contributed by atoms with Gasteiger partial charge in [-0.15, -0.1) is 5.10 Å². The molecule has 7 nitrogen and oxygen atoms in total. The lowest BCUT2D eigenvalue weighted by Gasteiger charge is -2.24. The van der Waals surface area contributed by atoms with Gasteiger partial charge in [0, 0.05) is 24.0 Å². The van der Waals surface area contributed by atoms with Crippen LogP contribution in [0.3, 0.4) is 0 Å². The third kappa shape index (κ3) is 6.46. The molecule has 0 unspecified atom stereocenters. The van der Waals surface area contributed by atoms with Crippen molar-refractivity contribution >= 4 is 16.9 Å². The number of halogens is 6. The molecule has 5 rings (SSSR count). The molecule has 0 fully saturated rings. The fourth-order valence-corrected chi connectivity index (χ4v) is 5.04. The number of ether oxygens (including phenoxy) is 1. The number of H-pyrrole nitrogens is 1. The van der Waals surface area contributed by atoms with Crippen molar-refractivity contribution in [1.29, 1.82) is 0 Å². The number of rotatable bonds is 8. The number of hydrogen-bond acceptors (Lipinski definition) is 6. The monoisotopic (exact) mass is 614 g/mol. The van der Waals surface area contributed by atoms with E-state index in [-0.39, 0.29) is 36.6 Å². The lowest BCUT2D eigenvalue weighted by atomic mass is 9.95. The number of benzene rings is 3. The van der Waals surface area contributed by atoms with Gasteiger partial charge < -0.3 is 9.64 Å². The predicted molar refractivity (Wildman–Crippen MR) is 153 cm³/mol. The van der Waals surface area contributed by atoms with Crippen molar-refractivity contribution in [1.82, 2.24) is 25.6 Å². The number of nitrogens with zero attached hydrogens (tertiary/aromatic N) is 5. The molecule has 0 atom stereocenters. The smallest absolute Gasteiger partial charge is 0.416 e. The lowest BCUT2D eigenvalue weighted by molar-refractivity contribution is -0.143. The first-order chi connectivity index (χ1) is 20.7. The van der Waals surface area contributed by atoms with Gasteiger partial charge in [0.15, 0.2) is 0 Å². The molecule has 230 valence electrons. The van der Waals surface area contributed by atoms with Crippen LogP contribution in [0.5, 0.6) is 5.75 Å². The Morgan fingerprint density at radius 2 is 1.59 bits per heavy atom. The number of hydrogen-bond donors (Lipinski definition) is 1. The Kier molecular flexibility index (Phi) is 8.23. The van der Waals surface area contributed by atoms with Crippen LogP contribution >= 0.6 is 0 Å². The van der Waals surface area contributed by atoms with Gasteiger partial charge in [0.2, 0.25) is 0 Å². The Morgan fingerprint density at radius 3 is 2.18 bits per heavy atom. The number of anilines is 1. The van der Waals surface area contributed by atoms with Crippen LogP contribution in [0.4, 0.5) is 32.3 Å². The van der Waals surface area contributed by atoms with Crippen LogP contribution in [-0.2, 0) is 25.4 Å². The number of para-hydroxylation sites is 1. The van der Waals surface area contributed by atoms with E-state index in [4.69, 9.17) is 9.72 Å². The number of tetrazole rings is 1. The summed E-state index contributed by atoms with van der Waals surface area (Å²) in [4.78, 5) is 6.46. The minimum Gasteiger partial charge on any atom is -0.496 e. The van der Waals surface area contributed by atoms with E-state index in [0.29, 0.717) is 34.7 Å². The minimum atomic E-state index is -4.99. The molecule has 3 aromatic carbocycles. The van der Waals surface area contributed by atoms with Crippen LogP contribution in [0.25, 0.3) is 22.2 Å². The summed E-state index contributed by atoms with van der Waals surface area (Å²) in [5.41, 5.74) is 1.48. The Morgan fingerprint density at radius 1 is 0.886 bits per heavy atom. The Labute approximate surface area is 248 Å². The number of aromatic nitrogens is 5. The van der Waals surface area contributed by atoms with Gasteiger partial charge in [0.25, 0.3) is 5.95 Å². The van der Waals surface area contributed by atoms with Gasteiger partial charge in [-0.3, -0.25) is 0 Å². The van der Waals surface area contributed by atoms with Crippen molar-refractivity contribution in [2.24, 2.45) is 0 Å². The molecule has 0 aliphatic heterocycles. The van der Waals surface area contributed by atoms with Crippen LogP contribution in [-0.4, -0.2) is 32.7 Å². The maximum absolute atomic E-state index is 13.6. The Bertz CT molecular complexity index is 1750. The number of alkyl halides is 6. The molecule has 44 heavy (non-hydrogen) atoms. The number of pyridine rings is 1. The van der Waals surface area contributed by atoms with E-state index in [1.807, 2.05) is 63.2 Å². The molecular formula is C31H28F6N6O. The molecule has 0 saturated carbocycles. The molecule has 0 spiro atoms. The third-order valence-corrected chi connectivity index (χ3v) is 7.27. The van der Waals surface area contributed by atoms with E-state index in [9.17, 15) is 26.3 Å². The Hall–Kier alpha value is -4.68. The highest BCUT2D eigenvalue weighted by molar-refractivity contribution is 5.87. The largest absolute Gasteiger partial charge is 0.496 e. The standard InChI is InChI=1S/C31H28F6N6O/c1-17(2)20-8-9-26(44-4)25(13-20)28-22(12-21-7-5-6-18(3)27(21)38-28)16-43(29-39-41-42-40-29)15-19-10-23(30(32,33)34)14-24(11-19)31(35,36)37/h5-14,17H,15-16H2,1-4H3,(H,39,40,41,42). The SMILES string of the molecule is COc1ccc(C(C)C)cc1-c1nc2c(C)cccc2cc1CN(Cc1cc(C(F)(F)F)cc(C(F)(F)F)c1)c1nn[nH]n1. The summed E-state index contributed by atoms with van der Waals surface area (Å²) in [6.45, 7) is 5.61. The second-order valence-corrected chi connectivity index (χ2v) is 10.7. The normalized spacial score (nSPS) is 12.2. The summed E-state index contributed by atoms with van der Waals surface area (Å²) >= 11 is 0. The van der Waals surface area contributed by atoms with Crippen molar-refractivity contribution in [2.45, 2.75) is 52.1 Å². The van der Waals surface area contributed by atoms with E-state index >= 15 is 0 Å². The quantitative estimate of drug-likeness (QED) is 0.178. The molecule has 2 heterocycles. The van der Waals surface area contributed by atoms with Crippen molar-refractivity contribution in [2.75, 3.05) is 12.0 Å². The molecule has 0 radical (unpaired) electrons. The van der Waals surface area contributed by atoms with Crippen molar-refractivity contribution in [3.63, 3.8) is 0 Å². The van der Waals surface area contributed by atoms with Gasteiger partial charge >= 0.3 is 12.4 Å². The lowest BCUT2D eigenvalue weighted by Crippen LogP contribution is -2.25. The summed E-state index contributed by atoms with van der Waals surface area (Å²) in [6.07, 6.45) is -9.98. The number of nitrogens with one attached hydrogen (secondary N) is 1. The second kappa shape index (κ2) is 11.8. The molecule has 0 saturated heterocycles. The molecule has 13 heteroatoms. The van der Waals surface area contributed by atoms with Crippen molar-refractivity contribution < 1.29 is 31.1 Å². The predicted octanol–water partition coefficient (Wildman–Crippen LogP) is 8.10. The fraction of sp³-hybridized carbons (Fsp3) is 0.290. The zero-order valence-corrected chi connectivity index (χ0v) is 24.2. The summed E-state index contributed by atoms with van der Waals surface area (Å²) in [5.74, 6) is 0.717. The van der Waals surface area contributed by atoms with E-state index in [2.05, 4.69) is 20.6 Å². The third-order valence-electron chi connectivity index (χ3n) is 7.27. The molecule has 0 amide bonds. The maximum atomic E-state index is 13.6. The number of aryl methyl sites for hydroxylation is 1. The van der Waals surface area contributed by atoms with Crippen molar-refractivity contribution in [3.05, 3.63) is 94.0 Å². The first-order valence-corrected chi connectivity index (χ1v) is 13.6. The fourth-order valence-electron chi connectivity index (χ4n) is 5.04. The van der Waals surface area contributed by atoms with Crippen LogP contribution in [0.1, 0.15) is 53.1 Å². The van der Waals surface area contributed by atoms with E-state index in [1.165, 1.54) is 12.0 Å². The maximum Gasteiger partial charge on any atom is 0.416 e. The first kappa shape index (κ1) is 30.8. The van der Waals surface area contributed by atoms with Gasteiger partial charge in [0.05, 0.1) is 29.4 Å². The average Bonchev–Trinajstić information content (AvgIpc) is 3.50. The van der Waals surface area contributed by atoms with Crippen molar-refractivity contribution in [3.8, 4) is 17.0 Å². The van der Waals surface area contributed by atoms with Gasteiger partial charge in [0.1, 0.15) is 5.75 Å². The van der Waals surface area contributed by atoms with E-state index in [0.717, 1.165) is 22.0 Å². The highest BCUT2D eigenvalue weighted by Crippen LogP contribution is 2.39. The first-order valence-electron chi connectivity index (χ1n) is 13.6. The molecule has 2 aromatic heterocycles. The molecule has 0 aliphatic carbocycles. The zero-order valence-electron chi connectivity index (χ0n) is 24.2. The van der Waals surface area contributed by atoms with Gasteiger partial charge in [-0.1, -0.05) is 43.2 Å². The van der Waals surface area contributed by atoms with Gasteiger partial charge in [-0.2, -0.15) is 31.6 Å². The molecular weight excluding hydrogens is 586 g/mol. The summed E-state index contributed by atoms with van der Waals surface area (Å²) in [5, 5.41) is 14.7. The number of aromatic amines is 1. The highest BCUT2D eigenvalue weighted by atomic mass is 19.4. The average molecular weight is 615 g/mol. The van der Waals surface area contributed by atoms with Crippen LogP contribution in [0, 0.1) is 6.92 Å². The zero-order chi connectivity index (χ0) is 31.8. The minimum absolute atomic E-state index is 0.0193. The Balaban J connectivity index is 1.68. The summed E-state index contributed by atoms with van der Waals surface area (Å²) in [6, 6.07) is 14.8. The van der Waals surface area contributed by atoms with Crippen LogP contribution < -0.4 is 9.64 Å². The molecule has 5 aromatic rings. The van der Waals surface area contributed by atoms with Crippen LogP contribution in [0.15, 0.2) is 60.7 Å². The van der Waals surface area contributed by atoms with Crippen LogP contribution in [0.2, 0.25) is 0 Å². The highest BCUT2D eigenvalue weighted by Gasteiger charge is 2.37.